The van der Waals surface area contributed by atoms with Crippen LogP contribution in [0, 0.1) is 9.12 Å². The Balaban J connectivity index is 1.79. The molecule has 2 aromatic heterocycles. The van der Waals surface area contributed by atoms with E-state index in [9.17, 15) is 9.90 Å². The normalized spacial score (nSPS) is 18.6. The zero-order chi connectivity index (χ0) is 14.3. The quantitative estimate of drug-likeness (QED) is 0.721. The van der Waals surface area contributed by atoms with Gasteiger partial charge in [0, 0.05) is 13.1 Å². The molecule has 1 aliphatic heterocycles. The molecule has 0 atom stereocenters. The van der Waals surface area contributed by atoms with Crippen LogP contribution in [0.3, 0.4) is 0 Å². The molecule has 9 heteroatoms. The fourth-order valence-electron chi connectivity index (χ4n) is 2.39. The summed E-state index contributed by atoms with van der Waals surface area (Å²) in [6.07, 6.45) is 2.89. The number of primary amides is 1. The number of fused-ring (bicyclic) bond motifs is 1. The van der Waals surface area contributed by atoms with Crippen LogP contribution in [0.1, 0.15) is 12.8 Å². The van der Waals surface area contributed by atoms with Gasteiger partial charge in [0.15, 0.2) is 0 Å². The highest BCUT2D eigenvalue weighted by Crippen LogP contribution is 2.34. The number of nitrogens with two attached hydrogens (primary N) is 1. The zero-order valence-electron chi connectivity index (χ0n) is 10.6. The molecule has 1 amide bonds. The lowest BCUT2D eigenvalue weighted by Crippen LogP contribution is -2.49. The average molecular weight is 407 g/mol. The first kappa shape index (κ1) is 14.0. The van der Waals surface area contributed by atoms with Gasteiger partial charge in [-0.15, -0.1) is 5.10 Å². The summed E-state index contributed by atoms with van der Waals surface area (Å²) in [5, 5.41) is 14.9. The Morgan fingerprint density at radius 2 is 2.25 bits per heavy atom. The average Bonchev–Trinajstić information content (AvgIpc) is 3.01. The molecule has 1 aliphatic rings. The minimum atomic E-state index is -0.775. The van der Waals surface area contributed by atoms with E-state index >= 15 is 0 Å². The highest BCUT2D eigenvalue weighted by atomic mass is 127. The third kappa shape index (κ3) is 2.17. The third-order valence-electron chi connectivity index (χ3n) is 3.85. The molecule has 0 spiro atoms. The predicted octanol–water partition coefficient (Wildman–Crippen LogP) is 0.460. The van der Waals surface area contributed by atoms with Crippen LogP contribution in [-0.2, 0) is 4.79 Å². The summed E-state index contributed by atoms with van der Waals surface area (Å²) in [7, 11) is 0. The van der Waals surface area contributed by atoms with Gasteiger partial charge in [0.1, 0.15) is 3.70 Å². The highest BCUT2D eigenvalue weighted by molar-refractivity contribution is 14.1. The molecule has 3 rings (SSSR count). The minimum Gasteiger partial charge on any atom is -0.395 e. The van der Waals surface area contributed by atoms with Crippen LogP contribution in [0.5, 0.6) is 0 Å². The molecule has 0 saturated carbocycles. The van der Waals surface area contributed by atoms with Crippen molar-refractivity contribution < 1.29 is 9.90 Å². The molecule has 0 bridgehead atoms. The van der Waals surface area contributed by atoms with Crippen molar-refractivity contribution in [1.29, 1.82) is 0 Å². The van der Waals surface area contributed by atoms with Crippen molar-refractivity contribution >= 4 is 49.9 Å². The number of nitrogens with zero attached hydrogens (tertiary/aromatic N) is 4. The van der Waals surface area contributed by atoms with Crippen molar-refractivity contribution in [3.05, 3.63) is 9.90 Å². The van der Waals surface area contributed by atoms with Crippen LogP contribution >= 0.6 is 33.9 Å². The number of aromatic nitrogens is 3. The molecule has 0 aromatic carbocycles. The monoisotopic (exact) mass is 407 g/mol. The second-order valence-corrected chi connectivity index (χ2v) is 6.99. The first-order valence-electron chi connectivity index (χ1n) is 6.21. The Labute approximate surface area is 132 Å². The van der Waals surface area contributed by atoms with Gasteiger partial charge in [-0.3, -0.25) is 4.79 Å². The Hall–Kier alpha value is -0.940. The van der Waals surface area contributed by atoms with Crippen LogP contribution in [0.2, 0.25) is 0 Å². The lowest BCUT2D eigenvalue weighted by Gasteiger charge is -2.38. The maximum atomic E-state index is 11.5. The second-order valence-electron chi connectivity index (χ2n) is 4.95. The van der Waals surface area contributed by atoms with Gasteiger partial charge in [-0.1, -0.05) is 11.3 Å². The SMILES string of the molecule is NC(=O)C1(CO)CCN(c2nn3c(I)cnc3s2)CC1. The Morgan fingerprint density at radius 3 is 2.80 bits per heavy atom. The summed E-state index contributed by atoms with van der Waals surface area (Å²) in [5.74, 6) is -0.414. The Bertz CT molecular complexity index is 646. The van der Waals surface area contributed by atoms with Crippen LogP contribution in [-0.4, -0.2) is 45.3 Å². The highest BCUT2D eigenvalue weighted by Gasteiger charge is 2.40. The lowest BCUT2D eigenvalue weighted by atomic mass is 9.78. The van der Waals surface area contributed by atoms with Gasteiger partial charge in [0.05, 0.1) is 18.2 Å². The molecule has 0 aliphatic carbocycles. The first-order chi connectivity index (χ1) is 9.55. The van der Waals surface area contributed by atoms with E-state index in [-0.39, 0.29) is 6.61 Å². The minimum absolute atomic E-state index is 0.185. The van der Waals surface area contributed by atoms with Crippen molar-refractivity contribution in [2.45, 2.75) is 12.8 Å². The lowest BCUT2D eigenvalue weighted by molar-refractivity contribution is -0.131. The number of piperidine rings is 1. The second kappa shape index (κ2) is 5.11. The van der Waals surface area contributed by atoms with Crippen LogP contribution in [0.25, 0.3) is 4.96 Å². The number of hydrogen-bond donors (Lipinski definition) is 2. The van der Waals surface area contributed by atoms with Crippen molar-refractivity contribution in [2.24, 2.45) is 11.1 Å². The number of amides is 1. The summed E-state index contributed by atoms with van der Waals surface area (Å²) in [6, 6.07) is 0. The van der Waals surface area contributed by atoms with Gasteiger partial charge in [0.25, 0.3) is 0 Å². The van der Waals surface area contributed by atoms with Gasteiger partial charge < -0.3 is 15.7 Å². The molecular weight excluding hydrogens is 393 g/mol. The maximum absolute atomic E-state index is 11.5. The summed E-state index contributed by atoms with van der Waals surface area (Å²) < 4.78 is 2.78. The topological polar surface area (TPSA) is 96.8 Å². The summed E-state index contributed by atoms with van der Waals surface area (Å²) in [4.78, 5) is 18.8. The standard InChI is InChI=1S/C11H14IN5O2S/c12-7-5-14-9-17(7)15-10(20-9)16-3-1-11(6-18,2-4-16)8(13)19/h5,18H,1-4,6H2,(H2,13,19). The number of carbonyl (C=O) groups is 1. The van der Waals surface area contributed by atoms with E-state index < -0.39 is 11.3 Å². The number of imidazole rings is 1. The van der Waals surface area contributed by atoms with Crippen LogP contribution < -0.4 is 10.6 Å². The van der Waals surface area contributed by atoms with Crippen molar-refractivity contribution in [1.82, 2.24) is 14.6 Å². The first-order valence-corrected chi connectivity index (χ1v) is 8.11. The van der Waals surface area contributed by atoms with Crippen LogP contribution in [0.4, 0.5) is 5.13 Å². The summed E-state index contributed by atoms with van der Waals surface area (Å²) >= 11 is 3.71. The molecular formula is C11H14IN5O2S. The molecule has 2 aromatic rings. The molecule has 0 unspecified atom stereocenters. The van der Waals surface area contributed by atoms with Crippen molar-refractivity contribution in [3.8, 4) is 0 Å². The van der Waals surface area contributed by atoms with Crippen molar-refractivity contribution in [3.63, 3.8) is 0 Å². The molecule has 3 N–H and O–H groups in total. The Morgan fingerprint density at radius 1 is 1.55 bits per heavy atom. The number of rotatable bonds is 3. The van der Waals surface area contributed by atoms with Gasteiger partial charge in [0.2, 0.25) is 16.0 Å². The number of hydrogen-bond acceptors (Lipinski definition) is 6. The van der Waals surface area contributed by atoms with E-state index in [1.807, 2.05) is 4.52 Å². The Kier molecular flexibility index (Phi) is 3.58. The van der Waals surface area contributed by atoms with Gasteiger partial charge in [-0.2, -0.15) is 4.52 Å². The number of aliphatic hydroxyl groups is 1. The number of carbonyl (C=O) groups excluding carboxylic acids is 1. The van der Waals surface area contributed by atoms with Crippen molar-refractivity contribution in [2.75, 3.05) is 24.6 Å². The molecule has 7 nitrogen and oxygen atoms in total. The van der Waals surface area contributed by atoms with Gasteiger partial charge in [-0.05, 0) is 35.4 Å². The smallest absolute Gasteiger partial charge is 0.226 e. The van der Waals surface area contributed by atoms with E-state index in [1.165, 1.54) is 11.3 Å². The molecule has 20 heavy (non-hydrogen) atoms. The maximum Gasteiger partial charge on any atom is 0.226 e. The number of aliphatic hydroxyl groups excluding tert-OH is 1. The fourth-order valence-corrected chi connectivity index (χ4v) is 3.96. The third-order valence-corrected chi connectivity index (χ3v) is 5.57. The molecule has 3 heterocycles. The van der Waals surface area contributed by atoms with E-state index in [1.54, 1.807) is 6.20 Å². The predicted molar refractivity (Wildman–Crippen MR) is 83.7 cm³/mol. The zero-order valence-corrected chi connectivity index (χ0v) is 13.6. The summed E-state index contributed by atoms with van der Waals surface area (Å²) in [6.45, 7) is 1.14. The van der Waals surface area contributed by atoms with Gasteiger partial charge in [-0.25, -0.2) is 4.98 Å². The molecule has 0 radical (unpaired) electrons. The molecule has 108 valence electrons. The van der Waals surface area contributed by atoms with E-state index in [0.717, 1.165) is 13.8 Å². The number of anilines is 1. The number of halogens is 1. The van der Waals surface area contributed by atoms with E-state index in [0.29, 0.717) is 25.9 Å². The van der Waals surface area contributed by atoms with E-state index in [4.69, 9.17) is 5.73 Å². The fraction of sp³-hybridized carbons (Fsp3) is 0.545. The van der Waals surface area contributed by atoms with Gasteiger partial charge >= 0.3 is 0 Å². The largest absolute Gasteiger partial charge is 0.395 e. The molecule has 1 saturated heterocycles. The van der Waals surface area contributed by atoms with Crippen LogP contribution in [0.15, 0.2) is 6.20 Å². The van der Waals surface area contributed by atoms with E-state index in [2.05, 4.69) is 37.6 Å². The summed E-state index contributed by atoms with van der Waals surface area (Å²) in [5.41, 5.74) is 4.64. The molecule has 1 fully saturated rings.